The van der Waals surface area contributed by atoms with Gasteiger partial charge in [-0.05, 0) is 25.0 Å². The molecule has 6 nitrogen and oxygen atoms in total. The van der Waals surface area contributed by atoms with Gasteiger partial charge in [0.15, 0.2) is 5.92 Å². The van der Waals surface area contributed by atoms with E-state index in [1.807, 2.05) is 60.7 Å². The summed E-state index contributed by atoms with van der Waals surface area (Å²) in [6, 6.07) is 18.0. The lowest BCUT2D eigenvalue weighted by Crippen LogP contribution is -2.40. The van der Waals surface area contributed by atoms with Gasteiger partial charge in [-0.3, -0.25) is 14.4 Å². The summed E-state index contributed by atoms with van der Waals surface area (Å²) < 4.78 is 10.2. The maximum Gasteiger partial charge on any atom is 0.322 e. The molecule has 0 fully saturated rings. The predicted octanol–water partition coefficient (Wildman–Crippen LogP) is 3.19. The minimum Gasteiger partial charge on any atom is -0.465 e. The van der Waals surface area contributed by atoms with E-state index in [2.05, 4.69) is 5.48 Å². The van der Waals surface area contributed by atoms with Crippen molar-refractivity contribution in [2.75, 3.05) is 13.2 Å². The van der Waals surface area contributed by atoms with E-state index >= 15 is 0 Å². The third-order valence-corrected chi connectivity index (χ3v) is 3.87. The Hall–Kier alpha value is -2.70. The number of benzene rings is 2. The number of hydroxylamine groups is 1. The lowest BCUT2D eigenvalue weighted by Gasteiger charge is -2.25. The van der Waals surface area contributed by atoms with Gasteiger partial charge < -0.3 is 9.47 Å². The van der Waals surface area contributed by atoms with Crippen molar-refractivity contribution in [2.24, 2.45) is 5.92 Å². The molecule has 27 heavy (non-hydrogen) atoms. The minimum absolute atomic E-state index is 0.168. The summed E-state index contributed by atoms with van der Waals surface area (Å²) in [5, 5.41) is 0. The van der Waals surface area contributed by atoms with Crippen LogP contribution in [0.5, 0.6) is 0 Å². The van der Waals surface area contributed by atoms with Crippen LogP contribution < -0.4 is 5.48 Å². The van der Waals surface area contributed by atoms with Crippen molar-refractivity contribution >= 4 is 11.9 Å². The van der Waals surface area contributed by atoms with Crippen LogP contribution in [-0.2, 0) is 30.5 Å². The second-order valence-electron chi connectivity index (χ2n) is 5.76. The van der Waals surface area contributed by atoms with E-state index in [1.54, 1.807) is 13.8 Å². The molecule has 0 saturated heterocycles. The second-order valence-corrected chi connectivity index (χ2v) is 5.76. The molecule has 1 atom stereocenters. The number of carbonyl (C=O) groups is 2. The SMILES string of the molecule is CCOC(=O)C(C(=O)OCC)[C@@H](NOCc1ccccc1)c1ccccc1. The first kappa shape index (κ1) is 20.6. The minimum atomic E-state index is -1.18. The fraction of sp³-hybridized carbons (Fsp3) is 0.333. The molecule has 0 aliphatic rings. The normalized spacial score (nSPS) is 11.8. The molecule has 2 aromatic carbocycles. The molecule has 0 aliphatic carbocycles. The van der Waals surface area contributed by atoms with E-state index in [9.17, 15) is 9.59 Å². The Labute approximate surface area is 159 Å². The zero-order valence-corrected chi connectivity index (χ0v) is 15.6. The van der Waals surface area contributed by atoms with Crippen LogP contribution in [0.15, 0.2) is 60.7 Å². The number of hydrogen-bond acceptors (Lipinski definition) is 6. The van der Waals surface area contributed by atoms with Crippen molar-refractivity contribution in [3.05, 3.63) is 71.8 Å². The maximum absolute atomic E-state index is 12.5. The van der Waals surface area contributed by atoms with Crippen LogP contribution in [0.25, 0.3) is 0 Å². The molecule has 2 rings (SSSR count). The molecule has 2 aromatic rings. The number of carbonyl (C=O) groups excluding carboxylic acids is 2. The molecule has 1 N–H and O–H groups in total. The first-order valence-electron chi connectivity index (χ1n) is 8.96. The Bertz CT molecular complexity index is 687. The van der Waals surface area contributed by atoms with E-state index in [1.165, 1.54) is 0 Å². The van der Waals surface area contributed by atoms with E-state index in [-0.39, 0.29) is 19.8 Å². The van der Waals surface area contributed by atoms with Crippen LogP contribution in [0.3, 0.4) is 0 Å². The van der Waals surface area contributed by atoms with Crippen LogP contribution in [0, 0.1) is 5.92 Å². The summed E-state index contributed by atoms with van der Waals surface area (Å²) in [4.78, 5) is 30.6. The number of rotatable bonds is 10. The lowest BCUT2D eigenvalue weighted by atomic mass is 9.93. The first-order valence-corrected chi connectivity index (χ1v) is 8.96. The van der Waals surface area contributed by atoms with Crippen molar-refractivity contribution in [3.63, 3.8) is 0 Å². The molecule has 144 valence electrons. The van der Waals surface area contributed by atoms with Crippen LogP contribution in [0.1, 0.15) is 31.0 Å². The second kappa shape index (κ2) is 11.1. The fourth-order valence-electron chi connectivity index (χ4n) is 2.61. The zero-order chi connectivity index (χ0) is 19.5. The third-order valence-electron chi connectivity index (χ3n) is 3.87. The van der Waals surface area contributed by atoms with Crippen molar-refractivity contribution < 1.29 is 23.9 Å². The standard InChI is InChI=1S/C21H25NO5/c1-3-25-20(23)18(21(24)26-4-2)19(17-13-9-6-10-14-17)22-27-15-16-11-7-5-8-12-16/h5-14,18-19,22H,3-4,15H2,1-2H3/t19-/m0/s1. The van der Waals surface area contributed by atoms with Crippen molar-refractivity contribution in [3.8, 4) is 0 Å². The van der Waals surface area contributed by atoms with Gasteiger partial charge in [0.25, 0.3) is 0 Å². The fourth-order valence-corrected chi connectivity index (χ4v) is 2.61. The van der Waals surface area contributed by atoms with E-state index in [0.29, 0.717) is 0 Å². The molecule has 0 spiro atoms. The van der Waals surface area contributed by atoms with E-state index in [4.69, 9.17) is 14.3 Å². The Balaban J connectivity index is 2.22. The van der Waals surface area contributed by atoms with Crippen LogP contribution in [-0.4, -0.2) is 25.2 Å². The molecule has 0 aliphatic heterocycles. The molecule has 0 saturated carbocycles. The van der Waals surface area contributed by atoms with E-state index < -0.39 is 23.9 Å². The molecule has 0 heterocycles. The Kier molecular flexibility index (Phi) is 8.48. The molecule has 0 amide bonds. The van der Waals surface area contributed by atoms with Crippen LogP contribution >= 0.6 is 0 Å². The summed E-state index contributed by atoms with van der Waals surface area (Å²) in [7, 11) is 0. The number of hydrogen-bond donors (Lipinski definition) is 1. The van der Waals surface area contributed by atoms with Crippen molar-refractivity contribution in [1.29, 1.82) is 0 Å². The zero-order valence-electron chi connectivity index (χ0n) is 15.6. The van der Waals surface area contributed by atoms with Gasteiger partial charge in [-0.15, -0.1) is 0 Å². The summed E-state index contributed by atoms with van der Waals surface area (Å²) in [6.07, 6.45) is 0. The monoisotopic (exact) mass is 371 g/mol. The van der Waals surface area contributed by atoms with E-state index in [0.717, 1.165) is 11.1 Å². The average Bonchev–Trinajstić information content (AvgIpc) is 2.69. The van der Waals surface area contributed by atoms with Crippen molar-refractivity contribution in [2.45, 2.75) is 26.5 Å². The summed E-state index contributed by atoms with van der Waals surface area (Å²) >= 11 is 0. The predicted molar refractivity (Wildman–Crippen MR) is 100 cm³/mol. The Morgan fingerprint density at radius 1 is 0.852 bits per heavy atom. The highest BCUT2D eigenvalue weighted by molar-refractivity contribution is 5.96. The summed E-state index contributed by atoms with van der Waals surface area (Å²) in [5.74, 6) is -2.48. The number of ether oxygens (including phenoxy) is 2. The van der Waals surface area contributed by atoms with Gasteiger partial charge in [0, 0.05) is 0 Å². The molecule has 6 heteroatoms. The molecular weight excluding hydrogens is 346 g/mol. The molecular formula is C21H25NO5. The Morgan fingerprint density at radius 3 is 1.89 bits per heavy atom. The highest BCUT2D eigenvalue weighted by Gasteiger charge is 2.38. The maximum atomic E-state index is 12.5. The van der Waals surface area contributed by atoms with Gasteiger partial charge in [0.1, 0.15) is 0 Å². The molecule has 0 aromatic heterocycles. The van der Waals surface area contributed by atoms with Crippen molar-refractivity contribution in [1.82, 2.24) is 5.48 Å². The number of nitrogens with one attached hydrogen (secondary N) is 1. The third kappa shape index (κ3) is 6.20. The molecule has 0 unspecified atom stereocenters. The average molecular weight is 371 g/mol. The highest BCUT2D eigenvalue weighted by Crippen LogP contribution is 2.25. The van der Waals surface area contributed by atoms with Crippen LogP contribution in [0.4, 0.5) is 0 Å². The van der Waals surface area contributed by atoms with Gasteiger partial charge >= 0.3 is 11.9 Å². The lowest BCUT2D eigenvalue weighted by molar-refractivity contribution is -0.166. The smallest absolute Gasteiger partial charge is 0.322 e. The Morgan fingerprint density at radius 2 is 1.37 bits per heavy atom. The molecule has 0 radical (unpaired) electrons. The summed E-state index contributed by atoms with van der Waals surface area (Å²) in [6.45, 7) is 4.00. The van der Waals surface area contributed by atoms with Gasteiger partial charge in [0.2, 0.25) is 0 Å². The largest absolute Gasteiger partial charge is 0.465 e. The summed E-state index contributed by atoms with van der Waals surface area (Å²) in [5.41, 5.74) is 4.54. The first-order chi connectivity index (χ1) is 13.2. The van der Waals surface area contributed by atoms with Gasteiger partial charge in [0.05, 0.1) is 25.9 Å². The van der Waals surface area contributed by atoms with Gasteiger partial charge in [-0.2, -0.15) is 5.48 Å². The topological polar surface area (TPSA) is 73.9 Å². The van der Waals surface area contributed by atoms with Crippen LogP contribution in [0.2, 0.25) is 0 Å². The molecule has 0 bridgehead atoms. The van der Waals surface area contributed by atoms with Gasteiger partial charge in [-0.1, -0.05) is 60.7 Å². The highest BCUT2D eigenvalue weighted by atomic mass is 16.6. The number of esters is 2. The quantitative estimate of drug-likeness (QED) is 0.393. The van der Waals surface area contributed by atoms with Gasteiger partial charge in [-0.25, -0.2) is 0 Å².